The minimum Gasteiger partial charge on any atom is -0.472 e. The lowest BCUT2D eigenvalue weighted by molar-refractivity contribution is 0.0600. The Morgan fingerprint density at radius 1 is 1.42 bits per heavy atom. The Morgan fingerprint density at radius 3 is 3.00 bits per heavy atom. The third-order valence-corrected chi connectivity index (χ3v) is 3.73. The summed E-state index contributed by atoms with van der Waals surface area (Å²) >= 11 is 0. The van der Waals surface area contributed by atoms with Crippen LogP contribution in [0.3, 0.4) is 0 Å². The summed E-state index contributed by atoms with van der Waals surface area (Å²) in [4.78, 5) is 14.4. The molecule has 1 saturated heterocycles. The zero-order valence-electron chi connectivity index (χ0n) is 11.0. The highest BCUT2D eigenvalue weighted by molar-refractivity contribution is 5.94. The minimum absolute atomic E-state index is 0.0413. The molecule has 0 saturated carbocycles. The molecule has 3 heterocycles. The molecular formula is C14H17N3O2. The maximum atomic E-state index is 12.5. The number of furan rings is 1. The highest BCUT2D eigenvalue weighted by Gasteiger charge is 2.30. The van der Waals surface area contributed by atoms with Crippen LogP contribution in [0.5, 0.6) is 0 Å². The van der Waals surface area contributed by atoms with Crippen molar-refractivity contribution in [2.45, 2.75) is 25.3 Å². The summed E-state index contributed by atoms with van der Waals surface area (Å²) in [6.45, 7) is 0.792. The smallest absolute Gasteiger partial charge is 0.257 e. The van der Waals surface area contributed by atoms with Crippen LogP contribution in [-0.2, 0) is 7.05 Å². The van der Waals surface area contributed by atoms with Gasteiger partial charge in [-0.1, -0.05) is 0 Å². The molecule has 0 bridgehead atoms. The predicted octanol–water partition coefficient (Wildman–Crippen LogP) is 2.38. The lowest BCUT2D eigenvalue weighted by atomic mass is 9.98. The molecule has 5 heteroatoms. The van der Waals surface area contributed by atoms with Crippen LogP contribution in [0.1, 0.15) is 41.4 Å². The number of nitrogens with zero attached hydrogens (tertiary/aromatic N) is 3. The lowest BCUT2D eigenvalue weighted by Crippen LogP contribution is -2.39. The first-order valence-electron chi connectivity index (χ1n) is 6.58. The molecule has 0 aromatic carbocycles. The van der Waals surface area contributed by atoms with Gasteiger partial charge in [-0.2, -0.15) is 5.10 Å². The molecule has 1 aliphatic heterocycles. The van der Waals surface area contributed by atoms with Crippen LogP contribution in [0.4, 0.5) is 0 Å². The van der Waals surface area contributed by atoms with Crippen LogP contribution in [0.2, 0.25) is 0 Å². The van der Waals surface area contributed by atoms with Gasteiger partial charge in [-0.05, 0) is 31.4 Å². The van der Waals surface area contributed by atoms with E-state index in [0.29, 0.717) is 5.56 Å². The average molecular weight is 259 g/mol. The molecule has 1 unspecified atom stereocenters. The van der Waals surface area contributed by atoms with Crippen molar-refractivity contribution >= 4 is 5.91 Å². The molecule has 1 atom stereocenters. The van der Waals surface area contributed by atoms with Crippen molar-refractivity contribution in [2.24, 2.45) is 7.05 Å². The topological polar surface area (TPSA) is 51.3 Å². The number of amides is 1. The third kappa shape index (κ3) is 2.16. The van der Waals surface area contributed by atoms with Gasteiger partial charge in [-0.25, -0.2) is 0 Å². The summed E-state index contributed by atoms with van der Waals surface area (Å²) < 4.78 is 6.86. The summed E-state index contributed by atoms with van der Waals surface area (Å²) in [6.07, 6.45) is 8.02. The van der Waals surface area contributed by atoms with E-state index in [1.165, 1.54) is 12.5 Å². The highest BCUT2D eigenvalue weighted by atomic mass is 16.3. The van der Waals surface area contributed by atoms with E-state index in [1.54, 1.807) is 12.3 Å². The number of hydrogen-bond donors (Lipinski definition) is 0. The normalized spacial score (nSPS) is 19.6. The third-order valence-electron chi connectivity index (χ3n) is 3.73. The minimum atomic E-state index is 0.0413. The fourth-order valence-electron chi connectivity index (χ4n) is 2.75. The van der Waals surface area contributed by atoms with Crippen LogP contribution in [0, 0.1) is 0 Å². The van der Waals surface area contributed by atoms with Crippen molar-refractivity contribution in [2.75, 3.05) is 6.54 Å². The summed E-state index contributed by atoms with van der Waals surface area (Å²) in [6, 6.07) is 3.83. The van der Waals surface area contributed by atoms with Gasteiger partial charge in [0.25, 0.3) is 5.91 Å². The zero-order chi connectivity index (χ0) is 13.2. The van der Waals surface area contributed by atoms with Crippen molar-refractivity contribution in [3.63, 3.8) is 0 Å². The van der Waals surface area contributed by atoms with Gasteiger partial charge in [0.05, 0.1) is 23.6 Å². The number of aromatic nitrogens is 2. The molecule has 2 aromatic heterocycles. The van der Waals surface area contributed by atoms with Gasteiger partial charge in [-0.3, -0.25) is 9.48 Å². The summed E-state index contributed by atoms with van der Waals surface area (Å²) in [5.41, 5.74) is 1.71. The Balaban J connectivity index is 1.90. The highest BCUT2D eigenvalue weighted by Crippen LogP contribution is 2.31. The Hall–Kier alpha value is -2.04. The number of aryl methyl sites for hydroxylation is 1. The van der Waals surface area contributed by atoms with Gasteiger partial charge in [-0.15, -0.1) is 0 Å². The van der Waals surface area contributed by atoms with Crippen LogP contribution >= 0.6 is 0 Å². The average Bonchev–Trinajstić information content (AvgIpc) is 3.09. The van der Waals surface area contributed by atoms with Crippen molar-refractivity contribution in [3.05, 3.63) is 42.1 Å². The monoisotopic (exact) mass is 259 g/mol. The maximum absolute atomic E-state index is 12.5. The molecule has 5 nitrogen and oxygen atoms in total. The van der Waals surface area contributed by atoms with Crippen molar-refractivity contribution in [3.8, 4) is 0 Å². The number of carbonyl (C=O) groups is 1. The second-order valence-electron chi connectivity index (χ2n) is 4.90. The molecule has 0 spiro atoms. The van der Waals surface area contributed by atoms with E-state index < -0.39 is 0 Å². The van der Waals surface area contributed by atoms with Crippen LogP contribution in [0.15, 0.2) is 35.3 Å². The Bertz CT molecular complexity index is 559. The number of hydrogen-bond acceptors (Lipinski definition) is 3. The Labute approximate surface area is 111 Å². The first-order valence-corrected chi connectivity index (χ1v) is 6.58. The molecule has 3 rings (SSSR count). The molecule has 19 heavy (non-hydrogen) atoms. The number of piperidine rings is 1. The van der Waals surface area contributed by atoms with Gasteiger partial charge in [0.15, 0.2) is 0 Å². The fourth-order valence-corrected chi connectivity index (χ4v) is 2.75. The van der Waals surface area contributed by atoms with E-state index in [1.807, 2.05) is 22.7 Å². The van der Waals surface area contributed by atoms with Crippen LogP contribution in [-0.4, -0.2) is 27.1 Å². The maximum Gasteiger partial charge on any atom is 0.257 e. The largest absolute Gasteiger partial charge is 0.472 e. The standard InChI is InChI=1S/C14H17N3O2/c1-16-12(5-7-15-16)13-4-2-3-8-17(13)14(18)11-6-9-19-10-11/h5-7,9-10,13H,2-4,8H2,1H3. The first-order chi connectivity index (χ1) is 9.27. The predicted molar refractivity (Wildman–Crippen MR) is 69.5 cm³/mol. The number of likely N-dealkylation sites (tertiary alicyclic amines) is 1. The molecule has 1 aliphatic rings. The molecular weight excluding hydrogens is 242 g/mol. The van der Waals surface area contributed by atoms with Gasteiger partial charge < -0.3 is 9.32 Å². The molecule has 100 valence electrons. The van der Waals surface area contributed by atoms with Gasteiger partial charge >= 0.3 is 0 Å². The van der Waals surface area contributed by atoms with E-state index >= 15 is 0 Å². The molecule has 2 aromatic rings. The quantitative estimate of drug-likeness (QED) is 0.832. The second-order valence-corrected chi connectivity index (χ2v) is 4.90. The fraction of sp³-hybridized carbons (Fsp3) is 0.429. The zero-order valence-corrected chi connectivity index (χ0v) is 11.0. The van der Waals surface area contributed by atoms with E-state index in [9.17, 15) is 4.79 Å². The number of carbonyl (C=O) groups excluding carboxylic acids is 1. The van der Waals surface area contributed by atoms with Gasteiger partial charge in [0.1, 0.15) is 6.26 Å². The van der Waals surface area contributed by atoms with E-state index in [-0.39, 0.29) is 11.9 Å². The Morgan fingerprint density at radius 2 is 2.32 bits per heavy atom. The second kappa shape index (κ2) is 4.91. The SMILES string of the molecule is Cn1nccc1C1CCCCN1C(=O)c1ccoc1. The summed E-state index contributed by atoms with van der Waals surface area (Å²) in [7, 11) is 1.92. The van der Waals surface area contributed by atoms with Gasteiger partial charge in [0, 0.05) is 19.8 Å². The van der Waals surface area contributed by atoms with Crippen LogP contribution in [0.25, 0.3) is 0 Å². The van der Waals surface area contributed by atoms with E-state index in [4.69, 9.17) is 4.42 Å². The molecule has 1 fully saturated rings. The number of rotatable bonds is 2. The summed E-state index contributed by atoms with van der Waals surface area (Å²) in [5.74, 6) is 0.0413. The van der Waals surface area contributed by atoms with E-state index in [0.717, 1.165) is 31.5 Å². The van der Waals surface area contributed by atoms with Crippen molar-refractivity contribution in [1.82, 2.24) is 14.7 Å². The Kier molecular flexibility index (Phi) is 3.11. The first kappa shape index (κ1) is 12.0. The molecule has 0 radical (unpaired) electrons. The van der Waals surface area contributed by atoms with Gasteiger partial charge in [0.2, 0.25) is 0 Å². The summed E-state index contributed by atoms with van der Waals surface area (Å²) in [5, 5.41) is 4.21. The van der Waals surface area contributed by atoms with Crippen LogP contribution < -0.4 is 0 Å². The van der Waals surface area contributed by atoms with Crippen molar-refractivity contribution in [1.29, 1.82) is 0 Å². The molecule has 0 N–H and O–H groups in total. The molecule has 1 amide bonds. The van der Waals surface area contributed by atoms with E-state index in [2.05, 4.69) is 5.10 Å². The lowest BCUT2D eigenvalue weighted by Gasteiger charge is -2.35. The molecule has 0 aliphatic carbocycles. The van der Waals surface area contributed by atoms with Crippen molar-refractivity contribution < 1.29 is 9.21 Å².